The second-order valence-corrected chi connectivity index (χ2v) is 6.16. The number of urea groups is 1. The van der Waals surface area contributed by atoms with E-state index in [9.17, 15) is 9.59 Å². The summed E-state index contributed by atoms with van der Waals surface area (Å²) < 4.78 is 15.7. The van der Waals surface area contributed by atoms with Gasteiger partial charge < -0.3 is 19.5 Å². The van der Waals surface area contributed by atoms with Crippen molar-refractivity contribution in [1.82, 2.24) is 5.32 Å². The molecule has 2 aromatic rings. The Morgan fingerprint density at radius 3 is 2.63 bits per heavy atom. The molecule has 0 saturated carbocycles. The molecule has 0 bridgehead atoms. The number of benzene rings is 2. The third-order valence-electron chi connectivity index (χ3n) is 4.64. The van der Waals surface area contributed by atoms with Crippen molar-refractivity contribution in [3.8, 4) is 11.5 Å². The van der Waals surface area contributed by atoms with E-state index >= 15 is 0 Å². The molecular formula is C20H18N2O5. The van der Waals surface area contributed by atoms with Gasteiger partial charge >= 0.3 is 12.0 Å². The number of carbonyl (C=O) groups excluding carboxylic acids is 2. The summed E-state index contributed by atoms with van der Waals surface area (Å²) in [5.41, 5.74) is 2.25. The van der Waals surface area contributed by atoms with E-state index in [0.29, 0.717) is 28.5 Å². The molecule has 0 aromatic heterocycles. The number of fused-ring (bicyclic) bond motifs is 1. The number of esters is 1. The lowest BCUT2D eigenvalue weighted by Gasteiger charge is -2.35. The summed E-state index contributed by atoms with van der Waals surface area (Å²) >= 11 is 0. The van der Waals surface area contributed by atoms with Gasteiger partial charge in [-0.1, -0.05) is 30.3 Å². The molecule has 1 N–H and O–H groups in total. The first-order valence-electron chi connectivity index (χ1n) is 8.44. The molecule has 138 valence electrons. The van der Waals surface area contributed by atoms with Crippen LogP contribution in [0.4, 0.5) is 10.5 Å². The molecule has 2 amide bonds. The predicted octanol–water partition coefficient (Wildman–Crippen LogP) is 3.13. The highest BCUT2D eigenvalue weighted by Gasteiger charge is 2.37. The fourth-order valence-corrected chi connectivity index (χ4v) is 3.35. The minimum atomic E-state index is -0.587. The maximum absolute atomic E-state index is 12.9. The van der Waals surface area contributed by atoms with Crippen LogP contribution in [0.25, 0.3) is 0 Å². The first kappa shape index (κ1) is 17.0. The van der Waals surface area contributed by atoms with Gasteiger partial charge in [0, 0.05) is 11.8 Å². The average Bonchev–Trinajstić information content (AvgIpc) is 3.15. The van der Waals surface area contributed by atoms with Crippen molar-refractivity contribution in [3.05, 3.63) is 65.4 Å². The van der Waals surface area contributed by atoms with Crippen LogP contribution < -0.4 is 19.7 Å². The number of amides is 2. The van der Waals surface area contributed by atoms with Crippen LogP contribution in [-0.4, -0.2) is 25.9 Å². The van der Waals surface area contributed by atoms with Gasteiger partial charge in [0.2, 0.25) is 6.79 Å². The molecule has 2 aliphatic heterocycles. The van der Waals surface area contributed by atoms with Gasteiger partial charge in [0.05, 0.1) is 24.4 Å². The van der Waals surface area contributed by atoms with E-state index in [-0.39, 0.29) is 12.8 Å². The zero-order valence-electron chi connectivity index (χ0n) is 14.9. The number of carbonyl (C=O) groups is 2. The van der Waals surface area contributed by atoms with Crippen LogP contribution in [0.2, 0.25) is 0 Å². The maximum Gasteiger partial charge on any atom is 0.337 e. The Labute approximate surface area is 156 Å². The summed E-state index contributed by atoms with van der Waals surface area (Å²) in [6, 6.07) is 13.6. The van der Waals surface area contributed by atoms with Gasteiger partial charge in [-0.2, -0.15) is 0 Å². The molecule has 0 fully saturated rings. The molecule has 1 atom stereocenters. The number of nitrogens with one attached hydrogen (secondary N) is 1. The summed E-state index contributed by atoms with van der Waals surface area (Å²) in [4.78, 5) is 26.9. The third kappa shape index (κ3) is 2.87. The standard InChI is InChI=1S/C20H18N2O5/c1-12-17(19(23)25-2)18(13-6-4-3-5-7-13)21-20(24)22(12)14-8-9-15-16(10-14)27-11-26-15/h3-10,18H,11H2,1-2H3,(H,21,24). The molecule has 0 aliphatic carbocycles. The largest absolute Gasteiger partial charge is 0.466 e. The van der Waals surface area contributed by atoms with Gasteiger partial charge in [0.1, 0.15) is 0 Å². The fraction of sp³-hybridized carbons (Fsp3) is 0.200. The monoisotopic (exact) mass is 366 g/mol. The van der Waals surface area contributed by atoms with Crippen molar-refractivity contribution in [2.24, 2.45) is 0 Å². The molecular weight excluding hydrogens is 348 g/mol. The highest BCUT2D eigenvalue weighted by atomic mass is 16.7. The topological polar surface area (TPSA) is 77.1 Å². The minimum absolute atomic E-state index is 0.142. The Morgan fingerprint density at radius 2 is 1.89 bits per heavy atom. The van der Waals surface area contributed by atoms with Crippen molar-refractivity contribution in [2.45, 2.75) is 13.0 Å². The number of hydrogen-bond acceptors (Lipinski definition) is 5. The molecule has 0 saturated heterocycles. The lowest BCUT2D eigenvalue weighted by Crippen LogP contribution is -2.48. The number of ether oxygens (including phenoxy) is 3. The highest BCUT2D eigenvalue weighted by Crippen LogP contribution is 2.39. The van der Waals surface area contributed by atoms with Gasteiger partial charge in [-0.05, 0) is 24.6 Å². The summed E-state index contributed by atoms with van der Waals surface area (Å²) in [6.07, 6.45) is 0. The second-order valence-electron chi connectivity index (χ2n) is 6.16. The van der Waals surface area contributed by atoms with Crippen LogP contribution in [-0.2, 0) is 9.53 Å². The Balaban J connectivity index is 1.82. The van der Waals surface area contributed by atoms with Crippen LogP contribution in [0, 0.1) is 0 Å². The summed E-state index contributed by atoms with van der Waals surface area (Å²) in [7, 11) is 1.33. The molecule has 0 radical (unpaired) electrons. The normalized spacial score (nSPS) is 18.4. The van der Waals surface area contributed by atoms with Gasteiger partial charge in [0.25, 0.3) is 0 Å². The quantitative estimate of drug-likeness (QED) is 0.845. The van der Waals surface area contributed by atoms with Crippen molar-refractivity contribution in [1.29, 1.82) is 0 Å². The molecule has 1 unspecified atom stereocenters. The predicted molar refractivity (Wildman–Crippen MR) is 97.5 cm³/mol. The molecule has 2 heterocycles. The van der Waals surface area contributed by atoms with E-state index in [4.69, 9.17) is 14.2 Å². The summed E-state index contributed by atoms with van der Waals surface area (Å²) in [5, 5.41) is 2.90. The Bertz CT molecular complexity index is 939. The Hall–Kier alpha value is -3.48. The lowest BCUT2D eigenvalue weighted by atomic mass is 9.94. The van der Waals surface area contributed by atoms with Crippen molar-refractivity contribution in [2.75, 3.05) is 18.8 Å². The fourth-order valence-electron chi connectivity index (χ4n) is 3.35. The lowest BCUT2D eigenvalue weighted by molar-refractivity contribution is -0.136. The van der Waals surface area contributed by atoms with E-state index in [2.05, 4.69) is 5.32 Å². The number of hydrogen-bond donors (Lipinski definition) is 1. The van der Waals surface area contributed by atoms with E-state index in [0.717, 1.165) is 5.56 Å². The zero-order chi connectivity index (χ0) is 19.0. The van der Waals surface area contributed by atoms with E-state index in [1.807, 2.05) is 30.3 Å². The Morgan fingerprint density at radius 1 is 1.15 bits per heavy atom. The molecule has 7 nitrogen and oxygen atoms in total. The zero-order valence-corrected chi connectivity index (χ0v) is 14.9. The van der Waals surface area contributed by atoms with Crippen LogP contribution in [0.1, 0.15) is 18.5 Å². The van der Waals surface area contributed by atoms with E-state index in [1.54, 1.807) is 25.1 Å². The first-order chi connectivity index (χ1) is 13.1. The average molecular weight is 366 g/mol. The second kappa shape index (κ2) is 6.68. The SMILES string of the molecule is COC(=O)C1=C(C)N(c2ccc3c(c2)OCO3)C(=O)NC1c1ccccc1. The van der Waals surface area contributed by atoms with E-state index < -0.39 is 12.0 Å². The van der Waals surface area contributed by atoms with Gasteiger partial charge in [-0.15, -0.1) is 0 Å². The number of nitrogens with zero attached hydrogens (tertiary/aromatic N) is 1. The van der Waals surface area contributed by atoms with Crippen LogP contribution in [0.5, 0.6) is 11.5 Å². The molecule has 4 rings (SSSR count). The number of methoxy groups -OCH3 is 1. The van der Waals surface area contributed by atoms with E-state index in [1.165, 1.54) is 12.0 Å². The van der Waals surface area contributed by atoms with Crippen LogP contribution >= 0.6 is 0 Å². The molecule has 2 aliphatic rings. The van der Waals surface area contributed by atoms with Gasteiger partial charge in [-0.25, -0.2) is 9.59 Å². The number of allylic oxidation sites excluding steroid dienone is 1. The highest BCUT2D eigenvalue weighted by molar-refractivity contribution is 6.03. The molecule has 0 spiro atoms. The summed E-state index contributed by atoms with van der Waals surface area (Å²) in [5.74, 6) is 0.679. The smallest absolute Gasteiger partial charge is 0.337 e. The van der Waals surface area contributed by atoms with Crippen molar-refractivity contribution < 1.29 is 23.8 Å². The third-order valence-corrected chi connectivity index (χ3v) is 4.64. The number of anilines is 1. The van der Waals surface area contributed by atoms with Crippen LogP contribution in [0.3, 0.4) is 0 Å². The van der Waals surface area contributed by atoms with Crippen molar-refractivity contribution in [3.63, 3.8) is 0 Å². The van der Waals surface area contributed by atoms with Gasteiger partial charge in [0.15, 0.2) is 11.5 Å². The minimum Gasteiger partial charge on any atom is -0.466 e. The number of rotatable bonds is 3. The Kier molecular flexibility index (Phi) is 4.19. The molecule has 2 aromatic carbocycles. The van der Waals surface area contributed by atoms with Gasteiger partial charge in [-0.3, -0.25) is 4.90 Å². The maximum atomic E-state index is 12.9. The van der Waals surface area contributed by atoms with Crippen LogP contribution in [0.15, 0.2) is 59.8 Å². The van der Waals surface area contributed by atoms with Crippen molar-refractivity contribution >= 4 is 17.7 Å². The molecule has 7 heteroatoms. The molecule has 27 heavy (non-hydrogen) atoms. The first-order valence-corrected chi connectivity index (χ1v) is 8.44. The summed E-state index contributed by atoms with van der Waals surface area (Å²) in [6.45, 7) is 1.87.